The van der Waals surface area contributed by atoms with Gasteiger partial charge in [-0.2, -0.15) is 0 Å². The van der Waals surface area contributed by atoms with Gasteiger partial charge in [-0.05, 0) is 37.0 Å². The van der Waals surface area contributed by atoms with Crippen LogP contribution in [0, 0.1) is 5.92 Å². The summed E-state index contributed by atoms with van der Waals surface area (Å²) in [4.78, 5) is 4.30. The fraction of sp³-hybridized carbons (Fsp3) is 0.364. The molecule has 0 saturated heterocycles. The molecule has 1 nitrogen and oxygen atoms in total. The predicted octanol–water partition coefficient (Wildman–Crippen LogP) is 3.33. The van der Waals surface area contributed by atoms with Crippen molar-refractivity contribution < 1.29 is 0 Å². The molecule has 2 rings (SSSR count). The first-order valence-electron chi connectivity index (χ1n) is 4.50. The Morgan fingerprint density at radius 2 is 2.31 bits per heavy atom. The van der Waals surface area contributed by atoms with Crippen molar-refractivity contribution in [3.63, 3.8) is 0 Å². The highest BCUT2D eigenvalue weighted by Gasteiger charge is 2.17. The average molecular weight is 194 g/mol. The lowest BCUT2D eigenvalue weighted by molar-refractivity contribution is 0.668. The van der Waals surface area contributed by atoms with Gasteiger partial charge in [0.2, 0.25) is 0 Å². The summed E-state index contributed by atoms with van der Waals surface area (Å²) in [5, 5.41) is 0.848. The van der Waals surface area contributed by atoms with E-state index < -0.39 is 0 Å². The van der Waals surface area contributed by atoms with Crippen molar-refractivity contribution in [1.82, 2.24) is 4.98 Å². The van der Waals surface area contributed by atoms with Crippen LogP contribution in [0.15, 0.2) is 17.8 Å². The van der Waals surface area contributed by atoms with Crippen LogP contribution < -0.4 is 0 Å². The molecule has 0 spiro atoms. The van der Waals surface area contributed by atoms with Crippen LogP contribution >= 0.6 is 11.6 Å². The second kappa shape index (κ2) is 3.15. The van der Waals surface area contributed by atoms with Gasteiger partial charge in [-0.25, -0.2) is 0 Å². The number of hydrogen-bond donors (Lipinski definition) is 0. The van der Waals surface area contributed by atoms with E-state index in [0.29, 0.717) is 5.92 Å². The Bertz CT molecular complexity index is 368. The minimum Gasteiger partial charge on any atom is -0.257 e. The lowest BCUT2D eigenvalue weighted by Crippen LogP contribution is -2.09. The van der Waals surface area contributed by atoms with Gasteiger partial charge < -0.3 is 0 Å². The molecule has 1 aromatic heterocycles. The molecule has 0 saturated carbocycles. The number of aromatic nitrogens is 1. The van der Waals surface area contributed by atoms with Gasteiger partial charge in [0.05, 0.1) is 5.69 Å². The molecule has 0 N–H and O–H groups in total. The molecule has 1 heterocycles. The van der Waals surface area contributed by atoms with Crippen molar-refractivity contribution in [3.05, 3.63) is 34.1 Å². The first kappa shape index (κ1) is 8.76. The first-order valence-corrected chi connectivity index (χ1v) is 4.88. The van der Waals surface area contributed by atoms with Crippen molar-refractivity contribution >= 4 is 17.7 Å². The van der Waals surface area contributed by atoms with Crippen LogP contribution in [0.2, 0.25) is 5.02 Å². The van der Waals surface area contributed by atoms with E-state index in [0.717, 1.165) is 17.1 Å². The quantitative estimate of drug-likeness (QED) is 0.616. The Morgan fingerprint density at radius 1 is 1.54 bits per heavy atom. The summed E-state index contributed by atoms with van der Waals surface area (Å²) in [5.74, 6) is 0.592. The van der Waals surface area contributed by atoms with Gasteiger partial charge in [-0.1, -0.05) is 24.1 Å². The summed E-state index contributed by atoms with van der Waals surface area (Å²) in [6.45, 7) is 4.37. The number of hydrogen-bond acceptors (Lipinski definition) is 1. The lowest BCUT2D eigenvalue weighted by atomic mass is 9.88. The van der Waals surface area contributed by atoms with E-state index in [1.165, 1.54) is 11.1 Å². The van der Waals surface area contributed by atoms with Crippen molar-refractivity contribution in [2.75, 3.05) is 0 Å². The molecule has 0 bridgehead atoms. The number of pyridine rings is 1. The van der Waals surface area contributed by atoms with Gasteiger partial charge in [0.1, 0.15) is 0 Å². The van der Waals surface area contributed by atoms with E-state index in [2.05, 4.69) is 24.9 Å². The Kier molecular flexibility index (Phi) is 2.12. The van der Waals surface area contributed by atoms with Gasteiger partial charge in [-0.3, -0.25) is 4.98 Å². The van der Waals surface area contributed by atoms with Gasteiger partial charge in [0.15, 0.2) is 0 Å². The van der Waals surface area contributed by atoms with Crippen molar-refractivity contribution in [1.29, 1.82) is 0 Å². The SMILES string of the molecule is CC1=Cc2nccc(Cl)c2CC1C. The van der Waals surface area contributed by atoms with Crippen LogP contribution in [0.3, 0.4) is 0 Å². The number of allylic oxidation sites excluding steroid dienone is 1. The fourth-order valence-electron chi connectivity index (χ4n) is 1.64. The first-order chi connectivity index (χ1) is 6.18. The largest absolute Gasteiger partial charge is 0.257 e. The number of fused-ring (bicyclic) bond motifs is 1. The number of rotatable bonds is 0. The van der Waals surface area contributed by atoms with Crippen LogP contribution in [0.25, 0.3) is 6.08 Å². The van der Waals surface area contributed by atoms with E-state index in [1.54, 1.807) is 6.20 Å². The summed E-state index contributed by atoms with van der Waals surface area (Å²) in [6.07, 6.45) is 4.92. The van der Waals surface area contributed by atoms with E-state index >= 15 is 0 Å². The molecule has 1 atom stereocenters. The number of nitrogens with zero attached hydrogens (tertiary/aromatic N) is 1. The van der Waals surface area contributed by atoms with Gasteiger partial charge >= 0.3 is 0 Å². The second-order valence-corrected chi connectivity index (χ2v) is 4.06. The molecule has 0 radical (unpaired) electrons. The lowest BCUT2D eigenvalue weighted by Gasteiger charge is -2.20. The van der Waals surface area contributed by atoms with E-state index in [9.17, 15) is 0 Å². The van der Waals surface area contributed by atoms with E-state index in [1.807, 2.05) is 6.07 Å². The van der Waals surface area contributed by atoms with Crippen LogP contribution in [0.4, 0.5) is 0 Å². The Balaban J connectivity index is 2.56. The van der Waals surface area contributed by atoms with Crippen molar-refractivity contribution in [3.8, 4) is 0 Å². The monoisotopic (exact) mass is 193 g/mol. The van der Waals surface area contributed by atoms with Crippen molar-refractivity contribution in [2.24, 2.45) is 5.92 Å². The third-order valence-electron chi connectivity index (χ3n) is 2.68. The van der Waals surface area contributed by atoms with Gasteiger partial charge in [0, 0.05) is 11.2 Å². The van der Waals surface area contributed by atoms with Crippen LogP contribution in [0.5, 0.6) is 0 Å². The third-order valence-corrected chi connectivity index (χ3v) is 3.04. The molecular formula is C11H12ClN. The fourth-order valence-corrected chi connectivity index (χ4v) is 1.87. The van der Waals surface area contributed by atoms with Gasteiger partial charge in [-0.15, -0.1) is 0 Å². The number of halogens is 1. The van der Waals surface area contributed by atoms with E-state index in [-0.39, 0.29) is 0 Å². The second-order valence-electron chi connectivity index (χ2n) is 3.65. The Hall–Kier alpha value is -0.820. The topological polar surface area (TPSA) is 12.9 Å². The van der Waals surface area contributed by atoms with Crippen molar-refractivity contribution in [2.45, 2.75) is 20.3 Å². The third kappa shape index (κ3) is 1.49. The van der Waals surface area contributed by atoms with Crippen LogP contribution in [-0.2, 0) is 6.42 Å². The zero-order valence-corrected chi connectivity index (χ0v) is 8.60. The maximum absolute atomic E-state index is 6.09. The van der Waals surface area contributed by atoms with Crippen LogP contribution in [-0.4, -0.2) is 4.98 Å². The summed E-state index contributed by atoms with van der Waals surface area (Å²) in [7, 11) is 0. The molecule has 0 aliphatic heterocycles. The summed E-state index contributed by atoms with van der Waals surface area (Å²) in [5.41, 5.74) is 3.63. The molecule has 0 fully saturated rings. The van der Waals surface area contributed by atoms with E-state index in [4.69, 9.17) is 11.6 Å². The Labute approximate surface area is 83.4 Å². The molecule has 0 aromatic carbocycles. The maximum Gasteiger partial charge on any atom is 0.0676 e. The standard InChI is InChI=1S/C11H12ClN/c1-7-5-9-10(12)3-4-13-11(9)6-8(7)2/h3-4,6-7H,5H2,1-2H3. The predicted molar refractivity (Wildman–Crippen MR) is 55.8 cm³/mol. The van der Waals surface area contributed by atoms with Crippen LogP contribution in [0.1, 0.15) is 25.1 Å². The smallest absolute Gasteiger partial charge is 0.0676 e. The molecule has 0 amide bonds. The molecular weight excluding hydrogens is 182 g/mol. The molecule has 1 aromatic rings. The summed E-state index contributed by atoms with van der Waals surface area (Å²) >= 11 is 6.09. The maximum atomic E-state index is 6.09. The highest BCUT2D eigenvalue weighted by Crippen LogP contribution is 2.30. The zero-order valence-electron chi connectivity index (χ0n) is 7.84. The molecule has 13 heavy (non-hydrogen) atoms. The summed E-state index contributed by atoms with van der Waals surface area (Å²) in [6, 6.07) is 1.86. The Morgan fingerprint density at radius 3 is 3.08 bits per heavy atom. The molecule has 2 heteroatoms. The molecule has 1 aliphatic carbocycles. The highest BCUT2D eigenvalue weighted by molar-refractivity contribution is 6.31. The summed E-state index contributed by atoms with van der Waals surface area (Å²) < 4.78 is 0. The zero-order chi connectivity index (χ0) is 9.42. The molecule has 1 unspecified atom stereocenters. The minimum atomic E-state index is 0.592. The van der Waals surface area contributed by atoms with Gasteiger partial charge in [0.25, 0.3) is 0 Å². The average Bonchev–Trinajstić information content (AvgIpc) is 2.09. The molecule has 1 aliphatic rings. The highest BCUT2D eigenvalue weighted by atomic mass is 35.5. The normalized spacial score (nSPS) is 20.8. The molecule has 68 valence electrons. The minimum absolute atomic E-state index is 0.592.